The molecule has 0 aromatic heterocycles. The van der Waals surface area contributed by atoms with Gasteiger partial charge in [0.2, 0.25) is 0 Å². The second-order valence-electron chi connectivity index (χ2n) is 7.31. The summed E-state index contributed by atoms with van der Waals surface area (Å²) in [4.78, 5) is 36.4. The number of aliphatic hydroxyl groups is 1. The number of carbonyl (C=O) groups is 3. The normalized spacial score (nSPS) is 31.0. The number of carbonyl (C=O) groups excluding carboxylic acids is 3. The molecule has 0 aromatic carbocycles. The second-order valence-corrected chi connectivity index (χ2v) is 7.31. The third-order valence-electron chi connectivity index (χ3n) is 5.42. The smallest absolute Gasteiger partial charge is 0.334 e. The van der Waals surface area contributed by atoms with E-state index in [4.69, 9.17) is 14.2 Å². The number of hydrogen-bond donors (Lipinski definition) is 1. The average molecular weight is 418 g/mol. The second kappa shape index (κ2) is 11.0. The van der Waals surface area contributed by atoms with Crippen LogP contribution in [0.3, 0.4) is 0 Å². The van der Waals surface area contributed by atoms with E-state index in [1.54, 1.807) is 32.9 Å². The molecule has 7 nitrogen and oxygen atoms in total. The van der Waals surface area contributed by atoms with Crippen molar-refractivity contribution in [2.75, 3.05) is 13.2 Å². The SMILES string of the molecule is C=C1C(=O)O[C@@H]2/C=C(\CO)CC/C=C(/CC=O)[C@H](OCC)[C@@H](OC(=O)/C(C)=C\C)[C@@H]12. The van der Waals surface area contributed by atoms with Crippen LogP contribution in [0.1, 0.15) is 40.0 Å². The Labute approximate surface area is 177 Å². The predicted molar refractivity (Wildman–Crippen MR) is 110 cm³/mol. The van der Waals surface area contributed by atoms with Gasteiger partial charge in [0.05, 0.1) is 12.5 Å². The van der Waals surface area contributed by atoms with E-state index in [-0.39, 0.29) is 18.6 Å². The van der Waals surface area contributed by atoms with Crippen molar-refractivity contribution >= 4 is 18.2 Å². The third-order valence-corrected chi connectivity index (χ3v) is 5.42. The fourth-order valence-electron chi connectivity index (χ4n) is 3.68. The van der Waals surface area contributed by atoms with Crippen LogP contribution in [0.2, 0.25) is 0 Å². The van der Waals surface area contributed by atoms with Gasteiger partial charge in [-0.25, -0.2) is 9.59 Å². The van der Waals surface area contributed by atoms with Crippen LogP contribution in [0.25, 0.3) is 0 Å². The van der Waals surface area contributed by atoms with E-state index in [0.717, 1.165) is 6.29 Å². The standard InChI is InChI=1S/C23H30O7/c1-5-14(3)22(26)30-21-19-15(4)23(27)29-18(19)12-16(13-25)8-7-9-17(10-11-24)20(21)28-6-2/h5,9,11-12,18-21,25H,4,6-8,10,13H2,1-3H3/b14-5-,16-12-,17-9-/t18-,19+,20+,21+/m1/s1. The van der Waals surface area contributed by atoms with Crippen molar-refractivity contribution in [2.45, 2.75) is 58.3 Å². The van der Waals surface area contributed by atoms with Crippen LogP contribution in [0.4, 0.5) is 0 Å². The van der Waals surface area contributed by atoms with Gasteiger partial charge in [0.1, 0.15) is 24.6 Å². The van der Waals surface area contributed by atoms with Crippen molar-refractivity contribution in [2.24, 2.45) is 5.92 Å². The van der Waals surface area contributed by atoms with E-state index < -0.39 is 36.2 Å². The number of aldehydes is 1. The van der Waals surface area contributed by atoms with Crippen molar-refractivity contribution < 1.29 is 33.7 Å². The van der Waals surface area contributed by atoms with Gasteiger partial charge >= 0.3 is 11.9 Å². The molecular formula is C23H30O7. The topological polar surface area (TPSA) is 99.1 Å². The van der Waals surface area contributed by atoms with E-state index in [2.05, 4.69) is 6.58 Å². The number of rotatable bonds is 7. The molecule has 1 N–H and O–H groups in total. The molecule has 0 aromatic rings. The molecule has 1 aliphatic heterocycles. The summed E-state index contributed by atoms with van der Waals surface area (Å²) in [5, 5.41) is 9.72. The molecule has 7 heteroatoms. The Kier molecular flexibility index (Phi) is 8.74. The fraction of sp³-hybridized carbons (Fsp3) is 0.522. The maximum absolute atomic E-state index is 12.7. The van der Waals surface area contributed by atoms with Gasteiger partial charge < -0.3 is 24.1 Å². The van der Waals surface area contributed by atoms with Gasteiger partial charge in [0.15, 0.2) is 0 Å². The first-order valence-electron chi connectivity index (χ1n) is 10.2. The highest BCUT2D eigenvalue weighted by Gasteiger charge is 2.48. The molecule has 0 saturated carbocycles. The minimum absolute atomic E-state index is 0.0954. The number of allylic oxidation sites excluding steroid dienone is 2. The van der Waals surface area contributed by atoms with Crippen molar-refractivity contribution in [1.29, 1.82) is 0 Å². The Bertz CT molecular complexity index is 774. The summed E-state index contributed by atoms with van der Waals surface area (Å²) in [5.74, 6) is -1.85. The Morgan fingerprint density at radius 3 is 2.77 bits per heavy atom. The molecule has 1 heterocycles. The largest absolute Gasteiger partial charge is 0.455 e. The zero-order chi connectivity index (χ0) is 22.3. The molecule has 2 aliphatic rings. The van der Waals surface area contributed by atoms with Gasteiger partial charge in [-0.2, -0.15) is 0 Å². The number of aliphatic hydroxyl groups excluding tert-OH is 1. The quantitative estimate of drug-likeness (QED) is 0.294. The average Bonchev–Trinajstić information content (AvgIpc) is 3.01. The Morgan fingerprint density at radius 2 is 2.17 bits per heavy atom. The highest BCUT2D eigenvalue weighted by atomic mass is 16.6. The van der Waals surface area contributed by atoms with Crippen LogP contribution in [-0.2, 0) is 28.6 Å². The van der Waals surface area contributed by atoms with Crippen molar-refractivity contribution in [3.05, 3.63) is 47.1 Å². The zero-order valence-electron chi connectivity index (χ0n) is 17.8. The van der Waals surface area contributed by atoms with E-state index in [1.165, 1.54) is 0 Å². The van der Waals surface area contributed by atoms with Crippen LogP contribution >= 0.6 is 0 Å². The monoisotopic (exact) mass is 418 g/mol. The van der Waals surface area contributed by atoms with Gasteiger partial charge in [-0.05, 0) is 50.8 Å². The molecule has 0 radical (unpaired) electrons. The maximum Gasteiger partial charge on any atom is 0.334 e. The summed E-state index contributed by atoms with van der Waals surface area (Å²) >= 11 is 0. The number of hydrogen-bond acceptors (Lipinski definition) is 7. The van der Waals surface area contributed by atoms with Gasteiger partial charge in [0.25, 0.3) is 0 Å². The highest BCUT2D eigenvalue weighted by molar-refractivity contribution is 5.92. The van der Waals surface area contributed by atoms with Gasteiger partial charge in [0, 0.05) is 24.2 Å². The van der Waals surface area contributed by atoms with Crippen molar-refractivity contribution in [3.8, 4) is 0 Å². The molecule has 30 heavy (non-hydrogen) atoms. The minimum atomic E-state index is -0.934. The molecular weight excluding hydrogens is 388 g/mol. The zero-order valence-corrected chi connectivity index (χ0v) is 17.8. The van der Waals surface area contributed by atoms with Crippen LogP contribution in [-0.4, -0.2) is 54.9 Å². The van der Waals surface area contributed by atoms with Crippen LogP contribution < -0.4 is 0 Å². The molecule has 2 rings (SSSR count). The summed E-state index contributed by atoms with van der Waals surface area (Å²) in [7, 11) is 0. The molecule has 1 fully saturated rings. The van der Waals surface area contributed by atoms with E-state index in [9.17, 15) is 19.5 Å². The molecule has 1 aliphatic carbocycles. The molecule has 1 saturated heterocycles. The lowest BCUT2D eigenvalue weighted by molar-refractivity contribution is -0.156. The lowest BCUT2D eigenvalue weighted by Gasteiger charge is -2.34. The van der Waals surface area contributed by atoms with Crippen LogP contribution in [0.5, 0.6) is 0 Å². The number of ether oxygens (including phenoxy) is 3. The van der Waals surface area contributed by atoms with E-state index in [0.29, 0.717) is 36.2 Å². The summed E-state index contributed by atoms with van der Waals surface area (Å²) in [6.45, 7) is 9.15. The Hall–Kier alpha value is -2.51. The van der Waals surface area contributed by atoms with Crippen molar-refractivity contribution in [1.82, 2.24) is 0 Å². The van der Waals surface area contributed by atoms with Gasteiger partial charge in [-0.1, -0.05) is 18.7 Å². The van der Waals surface area contributed by atoms with Gasteiger partial charge in [-0.3, -0.25) is 0 Å². The molecule has 0 spiro atoms. The summed E-state index contributed by atoms with van der Waals surface area (Å²) in [6, 6.07) is 0. The first-order chi connectivity index (χ1) is 14.4. The van der Waals surface area contributed by atoms with E-state index in [1.807, 2.05) is 6.08 Å². The highest BCUT2D eigenvalue weighted by Crippen LogP contribution is 2.38. The maximum atomic E-state index is 12.7. The lowest BCUT2D eigenvalue weighted by atomic mass is 9.82. The lowest BCUT2D eigenvalue weighted by Crippen LogP contribution is -2.44. The summed E-state index contributed by atoms with van der Waals surface area (Å²) in [5.41, 5.74) is 1.93. The summed E-state index contributed by atoms with van der Waals surface area (Å²) < 4.78 is 17.3. The molecule has 0 bridgehead atoms. The Morgan fingerprint density at radius 1 is 1.43 bits per heavy atom. The van der Waals surface area contributed by atoms with E-state index >= 15 is 0 Å². The number of fused-ring (bicyclic) bond motifs is 1. The van der Waals surface area contributed by atoms with Gasteiger partial charge in [-0.15, -0.1) is 0 Å². The van der Waals surface area contributed by atoms with Crippen molar-refractivity contribution in [3.63, 3.8) is 0 Å². The number of esters is 2. The minimum Gasteiger partial charge on any atom is -0.455 e. The fourth-order valence-corrected chi connectivity index (χ4v) is 3.68. The molecule has 164 valence electrons. The Balaban J connectivity index is 2.62. The van der Waals surface area contributed by atoms with Crippen LogP contribution in [0, 0.1) is 5.92 Å². The predicted octanol–water partition coefficient (Wildman–Crippen LogP) is 2.60. The molecule has 4 atom stereocenters. The molecule has 0 unspecified atom stereocenters. The first-order valence-corrected chi connectivity index (χ1v) is 10.2. The van der Waals surface area contributed by atoms with Crippen LogP contribution in [0.15, 0.2) is 47.1 Å². The summed E-state index contributed by atoms with van der Waals surface area (Å²) in [6.07, 6.45) is 4.74. The third kappa shape index (κ3) is 5.34. The first kappa shape index (κ1) is 23.8. The molecule has 0 amide bonds.